The highest BCUT2D eigenvalue weighted by molar-refractivity contribution is 7.15. The smallest absolute Gasteiger partial charge is 0.383 e. The molecule has 8 N–H and O–H groups in total. The zero-order valence-corrected chi connectivity index (χ0v) is 64.5. The van der Waals surface area contributed by atoms with Crippen molar-refractivity contribution in [2.45, 2.75) is 118 Å². The van der Waals surface area contributed by atoms with Gasteiger partial charge in [0, 0.05) is 191 Å². The van der Waals surface area contributed by atoms with Gasteiger partial charge in [0.2, 0.25) is 11.6 Å². The lowest BCUT2D eigenvalue weighted by atomic mass is 9.95. The van der Waals surface area contributed by atoms with E-state index in [4.69, 9.17) is 11.5 Å². The summed E-state index contributed by atoms with van der Waals surface area (Å²) in [4.78, 5) is 86.2. The average molecular weight is 1550 g/mol. The summed E-state index contributed by atoms with van der Waals surface area (Å²) >= 11 is 2.94. The summed E-state index contributed by atoms with van der Waals surface area (Å²) in [6, 6.07) is 31.8. The quantitative estimate of drug-likeness (QED) is 0.0325. The summed E-state index contributed by atoms with van der Waals surface area (Å²) in [6.07, 6.45) is 0.213. The second kappa shape index (κ2) is 37.2. The van der Waals surface area contributed by atoms with E-state index < -0.39 is 35.0 Å². The minimum atomic E-state index is -4.63. The number of halogens is 6. The van der Waals surface area contributed by atoms with Gasteiger partial charge in [0.05, 0.1) is 22.3 Å². The highest BCUT2D eigenvalue weighted by Crippen LogP contribution is 2.39. The molecule has 4 aliphatic heterocycles. The number of nitrogens with two attached hydrogens (primary N) is 2. The Morgan fingerprint density at radius 2 is 0.908 bits per heavy atom. The van der Waals surface area contributed by atoms with Crippen LogP contribution in [0.15, 0.2) is 145 Å². The number of nitrogen functional groups attached to an aromatic ring is 2. The molecule has 0 radical (unpaired) electrons. The fraction of sp³-hybridized carbons (Fsp3) is 0.407. The topological polar surface area (TPSA) is 259 Å². The van der Waals surface area contributed by atoms with E-state index in [9.17, 15) is 45.5 Å². The molecular formula is C81H108F6N16O4S2. The molecule has 6 aromatic heterocycles. The van der Waals surface area contributed by atoms with Gasteiger partial charge in [0.25, 0.3) is 0 Å². The van der Waals surface area contributed by atoms with Gasteiger partial charge in [-0.3, -0.25) is 29.1 Å². The van der Waals surface area contributed by atoms with Crippen LogP contribution >= 0.6 is 22.7 Å². The van der Waals surface area contributed by atoms with Crippen LogP contribution in [0.4, 0.5) is 60.3 Å². The van der Waals surface area contributed by atoms with Gasteiger partial charge in [-0.15, -0.1) is 22.7 Å². The lowest BCUT2D eigenvalue weighted by Crippen LogP contribution is -2.51. The Kier molecular flexibility index (Phi) is 28.0. The van der Waals surface area contributed by atoms with Gasteiger partial charge in [-0.05, 0) is 148 Å². The largest absolute Gasteiger partial charge is 0.417 e. The van der Waals surface area contributed by atoms with E-state index in [2.05, 4.69) is 107 Å². The minimum Gasteiger partial charge on any atom is -0.383 e. The van der Waals surface area contributed by atoms with Crippen molar-refractivity contribution in [3.63, 3.8) is 0 Å². The number of anilines is 6. The van der Waals surface area contributed by atoms with Crippen molar-refractivity contribution in [2.75, 3.05) is 110 Å². The molecule has 10 heterocycles. The number of nitrogens with one attached hydrogen (secondary N) is 4. The minimum absolute atomic E-state index is 0. The first-order chi connectivity index (χ1) is 52.0. The molecule has 0 saturated carbocycles. The third-order valence-electron chi connectivity index (χ3n) is 19.2. The second-order valence-electron chi connectivity index (χ2n) is 28.9. The SMILES string of the molecule is CC(C)C[C@H]1CN(c2csc(C(=O)c3cccnc3N)n2)CCN1.Cc1ncccc1C(=O)c1cc(N2CCNC(c3ccccc3)C2)ccc1C(F)(F)F.Cc1ncccc1C(=O)c1cc(N2CCN[C@@H](CC(C)C)C2)ccc1C(F)(F)F.Cc1sc(N2CCN[C@@H](CC(C)C)C2)nc1C(=O)c1cccnc1N.[HH].[HH].[HH].[HH].[HH].[HH]. The van der Waals surface area contributed by atoms with E-state index >= 15 is 0 Å². The molecule has 0 aliphatic carbocycles. The molecular weight excluding hydrogens is 1440 g/mol. The van der Waals surface area contributed by atoms with Crippen LogP contribution in [0.1, 0.15) is 172 Å². The predicted octanol–water partition coefficient (Wildman–Crippen LogP) is 15.4. The van der Waals surface area contributed by atoms with Crippen molar-refractivity contribution in [2.24, 2.45) is 17.8 Å². The normalized spacial score (nSPS) is 17.6. The van der Waals surface area contributed by atoms with Gasteiger partial charge in [-0.25, -0.2) is 19.9 Å². The second-order valence-corrected chi connectivity index (χ2v) is 30.9. The number of piperazine rings is 4. The van der Waals surface area contributed by atoms with Gasteiger partial charge in [-0.2, -0.15) is 26.3 Å². The van der Waals surface area contributed by atoms with E-state index in [1.54, 1.807) is 74.0 Å². The van der Waals surface area contributed by atoms with Gasteiger partial charge in [-0.1, -0.05) is 71.9 Å². The van der Waals surface area contributed by atoms with Crippen LogP contribution in [-0.4, -0.2) is 150 Å². The number of ketones is 4. The fourth-order valence-corrected chi connectivity index (χ4v) is 15.7. The Labute approximate surface area is 649 Å². The number of nitrogens with zero attached hydrogens (tertiary/aromatic N) is 10. The number of aryl methyl sites for hydroxylation is 3. The number of rotatable bonds is 19. The first kappa shape index (κ1) is 81.9. The molecule has 590 valence electrons. The van der Waals surface area contributed by atoms with Crippen LogP contribution in [-0.2, 0) is 12.4 Å². The summed E-state index contributed by atoms with van der Waals surface area (Å²) in [6.45, 7) is 28.0. The molecule has 20 nitrogen and oxygen atoms in total. The van der Waals surface area contributed by atoms with E-state index in [-0.39, 0.29) is 66.1 Å². The fourth-order valence-electron chi connectivity index (χ4n) is 13.9. The van der Waals surface area contributed by atoms with E-state index in [1.165, 1.54) is 60.1 Å². The Hall–Kier alpha value is -9.58. The molecule has 0 amide bonds. The predicted molar refractivity (Wildman–Crippen MR) is 433 cm³/mol. The Morgan fingerprint density at radius 1 is 0.486 bits per heavy atom. The van der Waals surface area contributed by atoms with E-state index in [1.807, 2.05) is 47.5 Å². The summed E-state index contributed by atoms with van der Waals surface area (Å²) in [5.41, 5.74) is 14.0. The van der Waals surface area contributed by atoms with Crippen LogP contribution in [0.3, 0.4) is 0 Å². The number of pyridine rings is 4. The average Bonchev–Trinajstić information content (AvgIpc) is 1.52. The Bertz CT molecular complexity index is 4610. The third kappa shape index (κ3) is 21.7. The zero-order valence-electron chi connectivity index (χ0n) is 62.8. The highest BCUT2D eigenvalue weighted by Gasteiger charge is 2.39. The van der Waals surface area contributed by atoms with Crippen molar-refractivity contribution in [1.29, 1.82) is 0 Å². The number of alkyl halides is 6. The zero-order chi connectivity index (χ0) is 78.3. The molecule has 28 heteroatoms. The number of aromatic nitrogens is 6. The molecule has 4 atom stereocenters. The molecule has 4 aliphatic rings. The number of benzene rings is 3. The number of thiazole rings is 2. The summed E-state index contributed by atoms with van der Waals surface area (Å²) in [5, 5.41) is 17.4. The number of hydrogen-bond donors (Lipinski definition) is 6. The Balaban J connectivity index is 0.000000319. The van der Waals surface area contributed by atoms with Crippen LogP contribution < -0.4 is 52.3 Å². The molecule has 1 unspecified atom stereocenters. The van der Waals surface area contributed by atoms with Crippen LogP contribution in [0.5, 0.6) is 0 Å². The van der Waals surface area contributed by atoms with Crippen LogP contribution in [0.25, 0.3) is 0 Å². The van der Waals surface area contributed by atoms with E-state index in [0.717, 1.165) is 98.6 Å². The standard InChI is InChI=1S/C24H22F3N3O.C22H26F3N3O.C18H25N5OS.C17H23N5OS.6H2/c1-16-19(8-5-11-28-16)23(31)20-14-18(9-10-21(20)24(25,26)27)30-13-12-29-22(15-30)17-6-3-2-4-7-17;1-14(2)11-16-13-28(10-9-27-16)17-6-7-20(22(23,24)25)19(12-17)21(29)18-5-4-8-26-15(18)3;1-11(2)9-13-10-23(8-7-20-13)18-22-15(12(3)25-18)16(24)14-5-4-6-21-17(14)19;1-11(2)8-12-9-22(7-6-19-12)14-10-24-17(21-14)15(23)13-4-3-5-20-16(13)18;;;;;;/h2-11,14,22,29H,12-13,15H2,1H3;4-8,12,14,16,27H,9-11,13H2,1-3H3;4-6,11,13,20H,7-10H2,1-3H3,(H2,19,21);3-5,10-12,19H,6-9H2,1-2H3,(H2,18,20);6*1H/t;16-;13-;12-;;;;;;/m.000....../s1. The molecule has 0 bridgehead atoms. The van der Waals surface area contributed by atoms with Crippen LogP contribution in [0, 0.1) is 38.5 Å². The molecule has 4 saturated heterocycles. The molecule has 109 heavy (non-hydrogen) atoms. The van der Waals surface area contributed by atoms with Crippen molar-refractivity contribution in [3.8, 4) is 0 Å². The monoisotopic (exact) mass is 1550 g/mol. The third-order valence-corrected chi connectivity index (χ3v) is 21.1. The summed E-state index contributed by atoms with van der Waals surface area (Å²) < 4.78 is 81.9. The number of carbonyl (C=O) groups excluding carboxylic acids is 4. The van der Waals surface area contributed by atoms with Crippen LogP contribution in [0.2, 0.25) is 0 Å². The van der Waals surface area contributed by atoms with Gasteiger partial charge >= 0.3 is 12.4 Å². The molecule has 9 aromatic rings. The Morgan fingerprint density at radius 3 is 1.38 bits per heavy atom. The van der Waals surface area contributed by atoms with Gasteiger partial charge in [0.1, 0.15) is 23.1 Å². The molecule has 13 rings (SSSR count). The molecule has 4 fully saturated rings. The van der Waals surface area contributed by atoms with E-state index in [0.29, 0.717) is 107 Å². The van der Waals surface area contributed by atoms with Crippen molar-refractivity contribution in [3.05, 3.63) is 222 Å². The van der Waals surface area contributed by atoms with Gasteiger partial charge < -0.3 is 52.3 Å². The summed E-state index contributed by atoms with van der Waals surface area (Å²) in [7, 11) is 0. The van der Waals surface area contributed by atoms with Crippen molar-refractivity contribution >= 4 is 79.8 Å². The number of hydrogen-bond acceptors (Lipinski definition) is 22. The first-order valence-electron chi connectivity index (χ1n) is 36.8. The molecule has 0 spiro atoms. The number of carbonyl (C=O) groups is 4. The van der Waals surface area contributed by atoms with Crippen molar-refractivity contribution in [1.82, 2.24) is 51.2 Å². The summed E-state index contributed by atoms with van der Waals surface area (Å²) in [5.74, 6) is 1.56. The molecule has 3 aromatic carbocycles. The lowest BCUT2D eigenvalue weighted by molar-refractivity contribution is -0.138. The maximum absolute atomic E-state index is 13.7. The highest BCUT2D eigenvalue weighted by atomic mass is 32.1. The first-order valence-corrected chi connectivity index (χ1v) is 38.5. The maximum Gasteiger partial charge on any atom is 0.417 e. The maximum atomic E-state index is 13.7. The van der Waals surface area contributed by atoms with Crippen molar-refractivity contribution < 1.29 is 54.1 Å². The lowest BCUT2D eigenvalue weighted by Gasteiger charge is -2.36. The van der Waals surface area contributed by atoms with Gasteiger partial charge in [0.15, 0.2) is 21.7 Å².